The summed E-state index contributed by atoms with van der Waals surface area (Å²) in [6, 6.07) is -2.82. The summed E-state index contributed by atoms with van der Waals surface area (Å²) in [4.78, 5) is 4.39. The van der Waals surface area contributed by atoms with Gasteiger partial charge in [-0.1, -0.05) is 28.9 Å². The predicted molar refractivity (Wildman–Crippen MR) is 182 cm³/mol. The van der Waals surface area contributed by atoms with E-state index in [-0.39, 0.29) is 13.0 Å². The molecule has 2 aliphatic heterocycles. The number of hydrogen-bond acceptors (Lipinski definition) is 15. The van der Waals surface area contributed by atoms with E-state index in [9.17, 15) is 30.6 Å². The number of aliphatic hydroxyl groups excluding tert-OH is 6. The molecule has 3 aliphatic rings. The average Bonchev–Trinajstić information content (AvgIpc) is 3.05. The lowest BCUT2D eigenvalue weighted by molar-refractivity contribution is -0.334. The molecule has 0 aromatic rings. The van der Waals surface area contributed by atoms with E-state index in [4.69, 9.17) is 40.9 Å². The second kappa shape index (κ2) is 19.8. The Balaban J connectivity index is 1.62. The number of aliphatic hydroxyl groups is 6. The Bertz CT molecular complexity index is 1130. The van der Waals surface area contributed by atoms with Crippen LogP contribution in [0.25, 0.3) is 0 Å². The van der Waals surface area contributed by atoms with Crippen molar-refractivity contribution < 1.29 is 54.3 Å². The van der Waals surface area contributed by atoms with E-state index in [1.54, 1.807) is 6.21 Å². The summed E-state index contributed by atoms with van der Waals surface area (Å²) in [5.74, 6) is 0. The van der Waals surface area contributed by atoms with Crippen LogP contribution in [-0.2, 0) is 23.7 Å². The van der Waals surface area contributed by atoms with Gasteiger partial charge in [0, 0.05) is 25.4 Å². The highest BCUT2D eigenvalue weighted by Crippen LogP contribution is 2.32. The van der Waals surface area contributed by atoms with Crippen molar-refractivity contribution in [1.29, 1.82) is 0 Å². The normalized spacial score (nSPS) is 40.9. The first-order valence-electron chi connectivity index (χ1n) is 17.1. The molecule has 3 fully saturated rings. The molecule has 0 aromatic carbocycles. The minimum Gasteiger partial charge on any atom is -0.394 e. The molecule has 0 radical (unpaired) electrons. The highest BCUT2D eigenvalue weighted by molar-refractivity contribution is 5.72. The summed E-state index contributed by atoms with van der Waals surface area (Å²) in [5.41, 5.74) is 22.3. The quantitative estimate of drug-likeness (QED) is 0.0726. The third-order valence-corrected chi connectivity index (χ3v) is 9.37. The van der Waals surface area contributed by atoms with Crippen LogP contribution < -0.4 is 17.2 Å². The Kier molecular flexibility index (Phi) is 16.9. The maximum atomic E-state index is 11.4. The SMILES string of the molecule is COC1C(OC2C(N)CC(N)C(OC3OC(CO)C(O)C(N)C3O)C2O)OC(CN=C/C=C(\C)CC/C=C(\C)CCC=C(C)C)C(O)C1O. The lowest BCUT2D eigenvalue weighted by Gasteiger charge is -2.48. The van der Waals surface area contributed by atoms with Gasteiger partial charge in [-0.3, -0.25) is 4.99 Å². The fourth-order valence-electron chi connectivity index (χ4n) is 6.26. The first-order chi connectivity index (χ1) is 23.2. The zero-order valence-corrected chi connectivity index (χ0v) is 29.3. The van der Waals surface area contributed by atoms with Crippen LogP contribution in [0.4, 0.5) is 0 Å². The van der Waals surface area contributed by atoms with Gasteiger partial charge in [0.15, 0.2) is 12.6 Å². The van der Waals surface area contributed by atoms with Crippen molar-refractivity contribution >= 4 is 6.21 Å². The molecule has 15 nitrogen and oxygen atoms in total. The maximum Gasteiger partial charge on any atom is 0.187 e. The number of hydrogen-bond donors (Lipinski definition) is 9. The lowest BCUT2D eigenvalue weighted by atomic mass is 9.84. The van der Waals surface area contributed by atoms with E-state index >= 15 is 0 Å². The van der Waals surface area contributed by atoms with Crippen LogP contribution in [0, 0.1) is 0 Å². The van der Waals surface area contributed by atoms with Crippen LogP contribution >= 0.6 is 0 Å². The van der Waals surface area contributed by atoms with E-state index in [0.29, 0.717) is 0 Å². The Morgan fingerprint density at radius 3 is 1.94 bits per heavy atom. The molecular formula is C34H60N4O11. The molecule has 3 rings (SSSR count). The molecule has 0 amide bonds. The highest BCUT2D eigenvalue weighted by atomic mass is 16.7. The van der Waals surface area contributed by atoms with Gasteiger partial charge in [0.05, 0.1) is 19.2 Å². The number of methoxy groups -OCH3 is 1. The molecule has 2 saturated heterocycles. The average molecular weight is 701 g/mol. The number of allylic oxidation sites excluding steroid dienone is 6. The number of rotatable bonds is 15. The van der Waals surface area contributed by atoms with Crippen molar-refractivity contribution in [1.82, 2.24) is 0 Å². The summed E-state index contributed by atoms with van der Waals surface area (Å²) in [6.45, 7) is 7.79. The molecule has 282 valence electrons. The summed E-state index contributed by atoms with van der Waals surface area (Å²) in [6.07, 6.45) is -3.30. The highest BCUT2D eigenvalue weighted by Gasteiger charge is 2.52. The molecule has 1 aliphatic carbocycles. The van der Waals surface area contributed by atoms with Gasteiger partial charge in [0.1, 0.15) is 61.0 Å². The molecule has 0 spiro atoms. The van der Waals surface area contributed by atoms with Crippen LogP contribution in [0.15, 0.2) is 39.9 Å². The topological polar surface area (TPSA) is 258 Å². The molecule has 1 saturated carbocycles. The largest absolute Gasteiger partial charge is 0.394 e. The molecule has 2 heterocycles. The molecular weight excluding hydrogens is 640 g/mol. The van der Waals surface area contributed by atoms with E-state index in [0.717, 1.165) is 31.3 Å². The van der Waals surface area contributed by atoms with Crippen LogP contribution in [0.1, 0.15) is 59.8 Å². The predicted octanol–water partition coefficient (Wildman–Crippen LogP) is -1.11. The van der Waals surface area contributed by atoms with Gasteiger partial charge < -0.3 is 71.5 Å². The van der Waals surface area contributed by atoms with Gasteiger partial charge in [-0.05, 0) is 65.9 Å². The van der Waals surface area contributed by atoms with Crippen molar-refractivity contribution in [3.8, 4) is 0 Å². The Labute approximate surface area is 289 Å². The Morgan fingerprint density at radius 2 is 1.33 bits per heavy atom. The van der Waals surface area contributed by atoms with Crippen LogP contribution in [0.3, 0.4) is 0 Å². The van der Waals surface area contributed by atoms with Crippen molar-refractivity contribution in [2.75, 3.05) is 20.3 Å². The van der Waals surface area contributed by atoms with Gasteiger partial charge in [0.25, 0.3) is 0 Å². The first kappa shape index (κ1) is 41.7. The Morgan fingerprint density at radius 1 is 0.735 bits per heavy atom. The zero-order chi connectivity index (χ0) is 36.4. The molecule has 0 aromatic heterocycles. The minimum atomic E-state index is -1.49. The lowest BCUT2D eigenvalue weighted by Crippen LogP contribution is -2.68. The van der Waals surface area contributed by atoms with Crippen LogP contribution in [-0.4, -0.2) is 149 Å². The van der Waals surface area contributed by atoms with Crippen molar-refractivity contribution in [3.05, 3.63) is 34.9 Å². The monoisotopic (exact) mass is 700 g/mol. The van der Waals surface area contributed by atoms with E-state index < -0.39 is 98.4 Å². The summed E-state index contributed by atoms with van der Waals surface area (Å²) in [7, 11) is 1.32. The minimum absolute atomic E-state index is 0.00654. The molecule has 0 bridgehead atoms. The summed E-state index contributed by atoms with van der Waals surface area (Å²) < 4.78 is 28.9. The number of nitrogens with two attached hydrogens (primary N) is 3. The molecule has 15 heteroatoms. The summed E-state index contributed by atoms with van der Waals surface area (Å²) in [5, 5.41) is 63.4. The van der Waals surface area contributed by atoms with E-state index in [2.05, 4.69) is 37.9 Å². The second-order valence-corrected chi connectivity index (χ2v) is 13.7. The first-order valence-corrected chi connectivity index (χ1v) is 17.1. The van der Waals surface area contributed by atoms with Gasteiger partial charge in [0.2, 0.25) is 0 Å². The summed E-state index contributed by atoms with van der Waals surface area (Å²) >= 11 is 0. The third-order valence-electron chi connectivity index (χ3n) is 9.37. The number of aliphatic imine (C=N–C) groups is 1. The van der Waals surface area contributed by atoms with Gasteiger partial charge in [-0.25, -0.2) is 0 Å². The maximum absolute atomic E-state index is 11.4. The number of nitrogens with zero attached hydrogens (tertiary/aromatic N) is 1. The second-order valence-electron chi connectivity index (χ2n) is 13.7. The van der Waals surface area contributed by atoms with E-state index in [1.807, 2.05) is 13.0 Å². The fraction of sp³-hybridized carbons (Fsp3) is 0.794. The molecule has 49 heavy (non-hydrogen) atoms. The molecule has 15 unspecified atom stereocenters. The van der Waals surface area contributed by atoms with Crippen molar-refractivity contribution in [2.24, 2.45) is 22.2 Å². The fourth-order valence-corrected chi connectivity index (χ4v) is 6.26. The smallest absolute Gasteiger partial charge is 0.187 e. The molecule has 15 atom stereocenters. The van der Waals surface area contributed by atoms with Crippen LogP contribution in [0.5, 0.6) is 0 Å². The molecule has 12 N–H and O–H groups in total. The van der Waals surface area contributed by atoms with E-state index in [1.165, 1.54) is 18.3 Å². The van der Waals surface area contributed by atoms with Crippen LogP contribution in [0.2, 0.25) is 0 Å². The van der Waals surface area contributed by atoms with Crippen molar-refractivity contribution in [2.45, 2.75) is 152 Å². The number of ether oxygens (including phenoxy) is 5. The van der Waals surface area contributed by atoms with Gasteiger partial charge in [-0.2, -0.15) is 0 Å². The van der Waals surface area contributed by atoms with Crippen molar-refractivity contribution in [3.63, 3.8) is 0 Å². The standard InChI is InChI=1S/C34H60N4O11/c1-17(2)8-6-9-18(3)10-7-11-19(4)12-13-38-15-22-26(41)28(43)32(45-5)34(46-22)49-31-21(36)14-20(35)30(29(31)44)48-33-27(42)24(37)25(40)23(16-39)47-33/h8,10,12-13,20-34,39-44H,6-7,9,11,14-16,35-37H2,1-5H3/b18-10+,19-12+,38-13?. The third kappa shape index (κ3) is 11.4. The Hall–Kier alpha value is -1.67. The van der Waals surface area contributed by atoms with Gasteiger partial charge in [-0.15, -0.1) is 0 Å². The van der Waals surface area contributed by atoms with Gasteiger partial charge >= 0.3 is 0 Å². The zero-order valence-electron chi connectivity index (χ0n) is 29.3.